The molecule has 8 N–H and O–H groups in total. The van der Waals surface area contributed by atoms with E-state index >= 15 is 4.39 Å². The van der Waals surface area contributed by atoms with E-state index in [1.165, 1.54) is 15.5 Å². The molecular weight excluding hydrogens is 647 g/mol. The lowest BCUT2D eigenvalue weighted by Crippen LogP contribution is -2.42. The molecule has 4 aromatic rings. The first-order chi connectivity index (χ1) is 20.9. The molecule has 0 radical (unpaired) electrons. The van der Waals surface area contributed by atoms with E-state index in [0.717, 1.165) is 24.3 Å². The number of ether oxygens (including phenoxy) is 1. The molecule has 0 amide bonds. The molecule has 0 bridgehead atoms. The third kappa shape index (κ3) is 5.13. The van der Waals surface area contributed by atoms with Gasteiger partial charge in [0.2, 0.25) is 5.95 Å². The number of terminal acetylenes is 1. The molecule has 4 aromatic heterocycles. The molecule has 0 spiro atoms. The zero-order valence-corrected chi connectivity index (χ0v) is 24.8. The molecule has 1 unspecified atom stereocenters. The fraction of sp³-hybridized carbons (Fsp3) is 0.435. The highest BCUT2D eigenvalue weighted by Crippen LogP contribution is 2.55. The minimum absolute atomic E-state index is 0.0103. The van der Waals surface area contributed by atoms with Gasteiger partial charge in [-0.25, -0.2) is 23.7 Å². The van der Waals surface area contributed by atoms with Gasteiger partial charge in [-0.2, -0.15) is 4.98 Å². The minimum Gasteiger partial charge on any atom is -0.395 e. The van der Waals surface area contributed by atoms with E-state index in [9.17, 15) is 24.3 Å². The fourth-order valence-electron chi connectivity index (χ4n) is 5.17. The van der Waals surface area contributed by atoms with Gasteiger partial charge in [-0.05, 0) is 11.8 Å². The zero-order chi connectivity index (χ0) is 31.6. The summed E-state index contributed by atoms with van der Waals surface area (Å²) in [6, 6.07) is 0. The summed E-state index contributed by atoms with van der Waals surface area (Å²) in [5, 5.41) is 18.6. The largest absolute Gasteiger partial charge is 0.395 e. The van der Waals surface area contributed by atoms with E-state index in [1.807, 2.05) is 0 Å². The Morgan fingerprint density at radius 2 is 2.11 bits per heavy atom. The second kappa shape index (κ2) is 11.3. The first kappa shape index (κ1) is 30.8. The summed E-state index contributed by atoms with van der Waals surface area (Å²) in [6.07, 6.45) is 3.22. The van der Waals surface area contributed by atoms with Gasteiger partial charge in [-0.15, -0.1) is 18.2 Å². The minimum atomic E-state index is -4.34. The number of nitrogens with one attached hydrogen (secondary N) is 1. The van der Waals surface area contributed by atoms with Crippen LogP contribution >= 0.6 is 18.5 Å². The topological polar surface area (TPSA) is 235 Å². The fourth-order valence-corrected chi connectivity index (χ4v) is 8.06. The van der Waals surface area contributed by atoms with Crippen molar-refractivity contribution >= 4 is 64.3 Å². The Bertz CT molecular complexity index is 1900. The van der Waals surface area contributed by atoms with Crippen LogP contribution in [0.4, 0.5) is 20.5 Å². The number of imidazole rings is 1. The number of hydrogen-bond acceptors (Lipinski definition) is 14. The van der Waals surface area contributed by atoms with Gasteiger partial charge in [-0.3, -0.25) is 18.9 Å². The molecule has 2 aliphatic heterocycles. The maximum Gasteiger partial charge on any atom is 0.325 e. The molecule has 2 saturated heterocycles. The highest BCUT2D eigenvalue weighted by Gasteiger charge is 2.52. The number of anilines is 2. The predicted octanol–water partition coefficient (Wildman–Crippen LogP) is 0.0828. The lowest BCUT2D eigenvalue weighted by atomic mass is 9.99. The van der Waals surface area contributed by atoms with Gasteiger partial charge >= 0.3 is 6.72 Å². The number of fused-ring (bicyclic) bond motifs is 2. The number of nitrogens with two attached hydrogens (primary N) is 2. The highest BCUT2D eigenvalue weighted by atomic mass is 32.5. The van der Waals surface area contributed by atoms with E-state index in [4.69, 9.17) is 43.5 Å². The standard InChI is InChI=1S/C23H24F2N9O7PS2/c1-2-23(11(36)3-12(40-23)33-4-9(24)13-17(26)28-7-29-18(13)33)6-39-42(38,43)41-16-14(25)10(5-35)44-21(16)34-8-30-15-19(34)31-22(27)32-20(15)37/h1,4,7-8,10-12,14,16,21,35-36H,3,5-6H2,(H,38,43)(H2,26,28,29)(H3,27,31,32,37)/t10-,11+,12-,14-,16-,21-,23-,42?/m1/s1. The summed E-state index contributed by atoms with van der Waals surface area (Å²) in [5.74, 6) is 1.29. The van der Waals surface area contributed by atoms with Crippen LogP contribution in [0.5, 0.6) is 0 Å². The third-order valence-electron chi connectivity index (χ3n) is 7.32. The summed E-state index contributed by atoms with van der Waals surface area (Å²) < 4.78 is 49.8. The number of H-pyrrole nitrogens is 1. The summed E-state index contributed by atoms with van der Waals surface area (Å²) in [4.78, 5) is 41.5. The molecule has 16 nitrogen and oxygen atoms in total. The molecule has 44 heavy (non-hydrogen) atoms. The second-order valence-electron chi connectivity index (χ2n) is 9.98. The monoisotopic (exact) mass is 671 g/mol. The Morgan fingerprint density at radius 1 is 1.34 bits per heavy atom. The van der Waals surface area contributed by atoms with Gasteiger partial charge in [0.15, 0.2) is 28.2 Å². The number of alkyl halides is 1. The van der Waals surface area contributed by atoms with E-state index in [-0.39, 0.29) is 40.4 Å². The predicted molar refractivity (Wildman–Crippen MR) is 156 cm³/mol. The van der Waals surface area contributed by atoms with E-state index in [0.29, 0.717) is 0 Å². The van der Waals surface area contributed by atoms with Crippen LogP contribution in [0.25, 0.3) is 22.2 Å². The lowest BCUT2D eigenvalue weighted by Gasteiger charge is -2.30. The van der Waals surface area contributed by atoms with Crippen molar-refractivity contribution in [2.45, 2.75) is 47.3 Å². The summed E-state index contributed by atoms with van der Waals surface area (Å²) in [5.41, 5.74) is 8.97. The van der Waals surface area contributed by atoms with Crippen molar-refractivity contribution < 1.29 is 37.7 Å². The number of nitrogens with zero attached hydrogens (tertiary/aromatic N) is 6. The van der Waals surface area contributed by atoms with Gasteiger partial charge < -0.3 is 40.4 Å². The number of halogens is 2. The Kier molecular flexibility index (Phi) is 7.88. The lowest BCUT2D eigenvalue weighted by molar-refractivity contribution is -0.0876. The molecule has 0 aliphatic carbocycles. The molecule has 6 heterocycles. The van der Waals surface area contributed by atoms with Crippen molar-refractivity contribution in [3.63, 3.8) is 0 Å². The molecule has 2 aliphatic rings. The van der Waals surface area contributed by atoms with Crippen LogP contribution in [0.1, 0.15) is 18.0 Å². The van der Waals surface area contributed by atoms with E-state index < -0.39 is 72.1 Å². The maximum atomic E-state index is 15.5. The van der Waals surface area contributed by atoms with Crippen LogP contribution in [-0.2, 0) is 25.6 Å². The van der Waals surface area contributed by atoms with Gasteiger partial charge in [0.05, 0.1) is 30.2 Å². The zero-order valence-electron chi connectivity index (χ0n) is 22.2. The smallest absolute Gasteiger partial charge is 0.325 e. The van der Waals surface area contributed by atoms with Crippen molar-refractivity contribution in [3.05, 3.63) is 35.0 Å². The summed E-state index contributed by atoms with van der Waals surface area (Å²) in [7, 11) is 0. The van der Waals surface area contributed by atoms with Gasteiger partial charge in [0.1, 0.15) is 42.1 Å². The summed E-state index contributed by atoms with van der Waals surface area (Å²) in [6.45, 7) is -5.63. The number of thioether (sulfide) groups is 1. The summed E-state index contributed by atoms with van der Waals surface area (Å²) >= 11 is 6.12. The molecule has 0 saturated carbocycles. The molecule has 2 fully saturated rings. The molecule has 0 aromatic carbocycles. The number of aromatic amines is 1. The Morgan fingerprint density at radius 3 is 2.84 bits per heavy atom. The molecular formula is C23H24F2N9O7PS2. The Labute approximate surface area is 255 Å². The Balaban J connectivity index is 1.23. The SMILES string of the molecule is C#C[C@]1(COP(O)(=S)O[C@@H]2[C@H](F)[C@@H](CO)S[C@H]2n2cnc3c(=O)[nH]c(N)nc32)O[C@@H](n2cc(F)c3c(N)ncnc32)C[C@@H]1O. The van der Waals surface area contributed by atoms with E-state index in [2.05, 4.69) is 30.8 Å². The molecule has 8 atom stereocenters. The number of aliphatic hydroxyl groups is 2. The quantitative estimate of drug-likeness (QED) is 0.108. The molecule has 6 rings (SSSR count). The van der Waals surface area contributed by atoms with Crippen molar-refractivity contribution in [1.82, 2.24) is 34.1 Å². The van der Waals surface area contributed by atoms with Crippen molar-refractivity contribution in [2.75, 3.05) is 24.7 Å². The van der Waals surface area contributed by atoms with Crippen molar-refractivity contribution in [1.29, 1.82) is 0 Å². The van der Waals surface area contributed by atoms with Gasteiger partial charge in [0, 0.05) is 12.6 Å². The average molecular weight is 672 g/mol. The molecule has 234 valence electrons. The van der Waals surface area contributed by atoms with Crippen molar-refractivity contribution in [2.24, 2.45) is 0 Å². The van der Waals surface area contributed by atoms with Gasteiger partial charge in [-0.1, -0.05) is 5.92 Å². The van der Waals surface area contributed by atoms with Crippen LogP contribution in [-0.4, -0.2) is 91.6 Å². The van der Waals surface area contributed by atoms with Crippen LogP contribution in [0.2, 0.25) is 0 Å². The average Bonchev–Trinajstić information content (AvgIpc) is 3.71. The number of aromatic nitrogens is 7. The molecule has 21 heteroatoms. The van der Waals surface area contributed by atoms with Crippen molar-refractivity contribution in [3.8, 4) is 12.3 Å². The second-order valence-corrected chi connectivity index (χ2v) is 14.1. The first-order valence-corrected chi connectivity index (χ1v) is 16.3. The highest BCUT2D eigenvalue weighted by molar-refractivity contribution is 8.07. The number of aliphatic hydroxyl groups excluding tert-OH is 2. The number of rotatable bonds is 8. The van der Waals surface area contributed by atoms with E-state index in [1.54, 1.807) is 0 Å². The van der Waals surface area contributed by atoms with Gasteiger partial charge in [0.25, 0.3) is 5.56 Å². The van der Waals surface area contributed by atoms with Crippen LogP contribution in [0, 0.1) is 18.2 Å². The van der Waals surface area contributed by atoms with Crippen LogP contribution < -0.4 is 17.0 Å². The van der Waals surface area contributed by atoms with Crippen LogP contribution in [0.3, 0.4) is 0 Å². The maximum absolute atomic E-state index is 15.5. The third-order valence-corrected chi connectivity index (χ3v) is 10.4. The normalized spacial score (nSPS) is 30.2. The van der Waals surface area contributed by atoms with Crippen LogP contribution in [0.15, 0.2) is 23.6 Å². The number of nitrogen functional groups attached to an aromatic ring is 2. The first-order valence-electron chi connectivity index (χ1n) is 12.8. The number of hydrogen-bond donors (Lipinski definition) is 6. The Hall–Kier alpha value is -3.25.